The third-order valence-electron chi connectivity index (χ3n) is 2.37. The summed E-state index contributed by atoms with van der Waals surface area (Å²) in [6.07, 6.45) is -5.39. The van der Waals surface area contributed by atoms with E-state index in [0.717, 1.165) is 16.8 Å². The van der Waals surface area contributed by atoms with Gasteiger partial charge in [0.05, 0.1) is 18.2 Å². The van der Waals surface area contributed by atoms with E-state index in [1.165, 1.54) is 0 Å². The molecule has 0 saturated heterocycles. The van der Waals surface area contributed by atoms with Gasteiger partial charge in [0.15, 0.2) is 5.78 Å². The summed E-state index contributed by atoms with van der Waals surface area (Å²) in [5.41, 5.74) is -0.214. The topological polar surface area (TPSA) is 65.1 Å². The van der Waals surface area contributed by atoms with E-state index in [-0.39, 0.29) is 5.56 Å². The zero-order valence-electron chi connectivity index (χ0n) is 9.61. The van der Waals surface area contributed by atoms with Crippen LogP contribution in [0.4, 0.5) is 23.4 Å². The molecule has 0 aliphatic carbocycles. The molecule has 0 radical (unpaired) electrons. The van der Waals surface area contributed by atoms with Crippen LogP contribution in [0.2, 0.25) is 0 Å². The minimum atomic E-state index is -4.46. The fourth-order valence-electron chi connectivity index (χ4n) is 1.51. The Morgan fingerprint density at radius 2 is 2.05 bits per heavy atom. The molecule has 0 fully saturated rings. The Morgan fingerprint density at radius 1 is 1.42 bits per heavy atom. The summed E-state index contributed by atoms with van der Waals surface area (Å²) in [5, 5.41) is 10.7. The molecule has 1 heterocycles. The molecule has 1 rings (SSSR count). The summed E-state index contributed by atoms with van der Waals surface area (Å²) in [5.74, 6) is -1.41. The second kappa shape index (κ2) is 5.81. The molecule has 1 aromatic rings. The van der Waals surface area contributed by atoms with E-state index in [0.29, 0.717) is 0 Å². The van der Waals surface area contributed by atoms with E-state index in [2.05, 4.69) is 0 Å². The zero-order chi connectivity index (χ0) is 14.6. The molecule has 0 N–H and O–H groups in total. The van der Waals surface area contributed by atoms with E-state index in [9.17, 15) is 32.5 Å². The van der Waals surface area contributed by atoms with Crippen LogP contribution in [0, 0.1) is 10.1 Å². The first-order valence-corrected chi connectivity index (χ1v) is 5.21. The molecule has 5 nitrogen and oxygen atoms in total. The molecule has 0 aliphatic heterocycles. The highest BCUT2D eigenvalue weighted by atomic mass is 19.4. The number of halogens is 4. The van der Waals surface area contributed by atoms with Crippen molar-refractivity contribution in [2.75, 3.05) is 0 Å². The number of carbonyl (C=O) groups excluding carboxylic acids is 1. The van der Waals surface area contributed by atoms with E-state index < -0.39 is 48.8 Å². The van der Waals surface area contributed by atoms with Gasteiger partial charge in [-0.3, -0.25) is 4.79 Å². The average molecular weight is 281 g/mol. The normalized spacial score (nSPS) is 11.6. The lowest BCUT2D eigenvalue weighted by Gasteiger charge is -2.05. The van der Waals surface area contributed by atoms with E-state index in [4.69, 9.17) is 0 Å². The van der Waals surface area contributed by atoms with Crippen molar-refractivity contribution in [2.45, 2.75) is 32.2 Å². The number of hydrogen-bond acceptors (Lipinski definition) is 3. The first-order valence-electron chi connectivity index (χ1n) is 5.21. The number of ketones is 1. The fourth-order valence-corrected chi connectivity index (χ4v) is 1.51. The van der Waals surface area contributed by atoms with Crippen LogP contribution in [-0.2, 0) is 18.0 Å². The molecule has 19 heavy (non-hydrogen) atoms. The third kappa shape index (κ3) is 4.34. The van der Waals surface area contributed by atoms with Gasteiger partial charge in [-0.2, -0.15) is 13.2 Å². The molecule has 106 valence electrons. The Labute approximate surface area is 105 Å². The van der Waals surface area contributed by atoms with Gasteiger partial charge in [-0.1, -0.05) is 0 Å². The maximum Gasteiger partial charge on any atom is 0.389 e. The summed E-state index contributed by atoms with van der Waals surface area (Å²) in [6, 6.07) is 1.12. The number of aromatic nitrogens is 1. The second-order valence-corrected chi connectivity index (χ2v) is 3.84. The van der Waals surface area contributed by atoms with Crippen molar-refractivity contribution in [1.82, 2.24) is 4.57 Å². The van der Waals surface area contributed by atoms with Gasteiger partial charge >= 0.3 is 12.0 Å². The van der Waals surface area contributed by atoms with Gasteiger partial charge in [-0.05, 0) is 11.0 Å². The van der Waals surface area contributed by atoms with Crippen molar-refractivity contribution in [2.24, 2.45) is 0 Å². The molecule has 0 unspecified atom stereocenters. The fraction of sp³-hybridized carbons (Fsp3) is 0.500. The van der Waals surface area contributed by atoms with Crippen LogP contribution in [0.25, 0.3) is 0 Å². The first kappa shape index (κ1) is 15.1. The number of rotatable bonds is 6. The average Bonchev–Trinajstić information content (AvgIpc) is 2.68. The maximum absolute atomic E-state index is 12.4. The SMILES string of the molecule is O=C(CCC(F)(F)F)Cn1ccc(C[18F])c1[N+](=O)[O-]. The highest BCUT2D eigenvalue weighted by Crippen LogP contribution is 2.23. The molecule has 9 heteroatoms. The number of nitrogens with zero attached hydrogens (tertiary/aromatic N) is 2. The van der Waals surface area contributed by atoms with Crippen LogP contribution in [0.15, 0.2) is 12.3 Å². The van der Waals surface area contributed by atoms with Gasteiger partial charge in [0, 0.05) is 6.42 Å². The number of Topliss-reactive ketones (excluding diaryl/α,β-unsaturated/α-hetero) is 1. The Hall–Kier alpha value is -1.93. The highest BCUT2D eigenvalue weighted by molar-refractivity contribution is 5.78. The monoisotopic (exact) mass is 281 g/mol. The zero-order valence-corrected chi connectivity index (χ0v) is 9.61. The molecule has 1 aromatic heterocycles. The second-order valence-electron chi connectivity index (χ2n) is 3.84. The number of hydrogen-bond donors (Lipinski definition) is 0. The summed E-state index contributed by atoms with van der Waals surface area (Å²) in [7, 11) is 0. The lowest BCUT2D eigenvalue weighted by Crippen LogP contribution is -2.15. The van der Waals surface area contributed by atoms with Crippen LogP contribution < -0.4 is 0 Å². The van der Waals surface area contributed by atoms with E-state index in [1.807, 2.05) is 0 Å². The van der Waals surface area contributed by atoms with Gasteiger partial charge in [-0.25, -0.2) is 8.96 Å². The maximum atomic E-state index is 12.4. The molecule has 0 aliphatic rings. The quantitative estimate of drug-likeness (QED) is 0.457. The Balaban J connectivity index is 2.75. The first-order chi connectivity index (χ1) is 8.74. The highest BCUT2D eigenvalue weighted by Gasteiger charge is 2.29. The largest absolute Gasteiger partial charge is 0.389 e. The van der Waals surface area contributed by atoms with Gasteiger partial charge in [0.2, 0.25) is 0 Å². The van der Waals surface area contributed by atoms with Crippen molar-refractivity contribution in [3.63, 3.8) is 0 Å². The molecule has 0 saturated carbocycles. The lowest BCUT2D eigenvalue weighted by atomic mass is 10.2. The molecule has 0 amide bonds. The van der Waals surface area contributed by atoms with Crippen LogP contribution >= 0.6 is 0 Å². The summed E-state index contributed by atoms with van der Waals surface area (Å²) >= 11 is 0. The molecule has 0 bridgehead atoms. The van der Waals surface area contributed by atoms with Crippen LogP contribution in [-0.4, -0.2) is 21.4 Å². The van der Waals surface area contributed by atoms with Crippen LogP contribution in [0.1, 0.15) is 18.4 Å². The van der Waals surface area contributed by atoms with E-state index >= 15 is 0 Å². The minimum absolute atomic E-state index is 0.214. The summed E-state index contributed by atoms with van der Waals surface area (Å²) in [4.78, 5) is 21.1. The molecular formula is C10H10F4N2O3. The van der Waals surface area contributed by atoms with E-state index in [1.54, 1.807) is 0 Å². The van der Waals surface area contributed by atoms with Gasteiger partial charge in [0.1, 0.15) is 13.2 Å². The number of carbonyl (C=O) groups is 1. The Morgan fingerprint density at radius 3 is 2.53 bits per heavy atom. The van der Waals surface area contributed by atoms with Gasteiger partial charge in [-0.15, -0.1) is 0 Å². The van der Waals surface area contributed by atoms with Crippen molar-refractivity contribution < 1.29 is 27.3 Å². The van der Waals surface area contributed by atoms with Gasteiger partial charge in [0.25, 0.3) is 0 Å². The third-order valence-corrected chi connectivity index (χ3v) is 2.37. The van der Waals surface area contributed by atoms with Gasteiger partial charge < -0.3 is 10.1 Å². The predicted octanol–water partition coefficient (Wildman–Crippen LogP) is 2.78. The smallest absolute Gasteiger partial charge is 0.358 e. The van der Waals surface area contributed by atoms with Crippen molar-refractivity contribution in [3.05, 3.63) is 27.9 Å². The van der Waals surface area contributed by atoms with Crippen LogP contribution in [0.3, 0.4) is 0 Å². The Kier molecular flexibility index (Phi) is 4.62. The summed E-state index contributed by atoms with van der Waals surface area (Å²) < 4.78 is 49.0. The minimum Gasteiger partial charge on any atom is -0.358 e. The summed E-state index contributed by atoms with van der Waals surface area (Å²) in [6.45, 7) is -1.66. The molecule has 0 atom stereocenters. The Bertz CT molecular complexity index is 482. The molecule has 0 spiro atoms. The predicted molar refractivity (Wildman–Crippen MR) is 56.2 cm³/mol. The van der Waals surface area contributed by atoms with Crippen molar-refractivity contribution >= 4 is 11.6 Å². The number of alkyl halides is 4. The molecule has 0 aromatic carbocycles. The number of nitro groups is 1. The lowest BCUT2D eigenvalue weighted by molar-refractivity contribution is -0.392. The standard InChI is InChI=1S/C10H10F4N2O3/c11-5-7-2-4-15(9(7)16(18)19)6-8(17)1-3-10(12,13)14/h2,4H,1,3,5-6H2/i11-1. The van der Waals surface area contributed by atoms with Crippen molar-refractivity contribution in [3.8, 4) is 0 Å². The van der Waals surface area contributed by atoms with Crippen molar-refractivity contribution in [1.29, 1.82) is 0 Å². The molecular weight excluding hydrogens is 271 g/mol. The van der Waals surface area contributed by atoms with Crippen LogP contribution in [0.5, 0.6) is 0 Å².